The van der Waals surface area contributed by atoms with Crippen molar-refractivity contribution in [1.82, 2.24) is 4.90 Å². The maximum atomic E-state index is 12.0. The van der Waals surface area contributed by atoms with Crippen LogP contribution in [0.25, 0.3) is 0 Å². The summed E-state index contributed by atoms with van der Waals surface area (Å²) in [7, 11) is 0. The molecule has 0 aromatic rings. The van der Waals surface area contributed by atoms with Gasteiger partial charge in [-0.2, -0.15) is 0 Å². The second kappa shape index (κ2) is 4.52. The Morgan fingerprint density at radius 1 is 1.27 bits per heavy atom. The van der Waals surface area contributed by atoms with Crippen LogP contribution in [-0.4, -0.2) is 29.9 Å². The predicted molar refractivity (Wildman–Crippen MR) is 60.3 cm³/mol. The molecule has 1 aliphatic heterocycles. The summed E-state index contributed by atoms with van der Waals surface area (Å²) in [5, 5.41) is 0. The predicted octanol–water partition coefficient (Wildman–Crippen LogP) is 1.37. The van der Waals surface area contributed by atoms with E-state index in [9.17, 15) is 4.79 Å². The van der Waals surface area contributed by atoms with Gasteiger partial charge >= 0.3 is 0 Å². The minimum atomic E-state index is 0.283. The average Bonchev–Trinajstić information content (AvgIpc) is 2.15. The molecule has 15 heavy (non-hydrogen) atoms. The molecule has 3 nitrogen and oxygen atoms in total. The summed E-state index contributed by atoms with van der Waals surface area (Å²) in [6.45, 7) is 3.94. The van der Waals surface area contributed by atoms with E-state index in [1.807, 2.05) is 0 Å². The number of amides is 1. The average molecular weight is 210 g/mol. The summed E-state index contributed by atoms with van der Waals surface area (Å²) in [5.74, 6) is 1.39. The molecule has 0 spiro atoms. The molecule has 86 valence electrons. The van der Waals surface area contributed by atoms with E-state index in [0.29, 0.717) is 17.7 Å². The zero-order chi connectivity index (χ0) is 10.8. The van der Waals surface area contributed by atoms with Crippen molar-refractivity contribution in [3.63, 3.8) is 0 Å². The number of carbonyl (C=O) groups is 1. The molecule has 1 atom stereocenters. The van der Waals surface area contributed by atoms with Crippen molar-refractivity contribution in [2.24, 2.45) is 17.6 Å². The van der Waals surface area contributed by atoms with Gasteiger partial charge in [0.15, 0.2) is 0 Å². The zero-order valence-corrected chi connectivity index (χ0v) is 9.61. The van der Waals surface area contributed by atoms with E-state index < -0.39 is 0 Å². The summed E-state index contributed by atoms with van der Waals surface area (Å²) < 4.78 is 0. The third-order valence-corrected chi connectivity index (χ3v) is 4.05. The lowest BCUT2D eigenvalue weighted by Gasteiger charge is -2.37. The molecule has 1 unspecified atom stereocenters. The molecule has 2 rings (SSSR count). The van der Waals surface area contributed by atoms with Gasteiger partial charge in [-0.25, -0.2) is 0 Å². The topological polar surface area (TPSA) is 46.3 Å². The zero-order valence-electron chi connectivity index (χ0n) is 9.61. The van der Waals surface area contributed by atoms with Crippen LogP contribution < -0.4 is 5.73 Å². The number of hydrogen-bond acceptors (Lipinski definition) is 2. The third-order valence-electron chi connectivity index (χ3n) is 4.05. The van der Waals surface area contributed by atoms with Crippen LogP contribution in [0.4, 0.5) is 0 Å². The fourth-order valence-electron chi connectivity index (χ4n) is 2.56. The standard InChI is InChI=1S/C12H22N2O/c1-9(13)10-5-7-14(8-6-10)12(15)11-3-2-4-11/h9-11H,2-8,13H2,1H3. The maximum absolute atomic E-state index is 12.0. The Bertz CT molecular complexity index is 228. The van der Waals surface area contributed by atoms with Crippen molar-refractivity contribution in [3.8, 4) is 0 Å². The molecule has 1 heterocycles. The minimum Gasteiger partial charge on any atom is -0.342 e. The molecule has 0 aromatic heterocycles. The van der Waals surface area contributed by atoms with E-state index in [0.717, 1.165) is 38.8 Å². The molecule has 0 radical (unpaired) electrons. The molecule has 3 heteroatoms. The second-order valence-corrected chi connectivity index (χ2v) is 5.15. The van der Waals surface area contributed by atoms with Gasteiger partial charge in [0.05, 0.1) is 0 Å². The summed E-state index contributed by atoms with van der Waals surface area (Å²) >= 11 is 0. The Labute approximate surface area is 92.0 Å². The number of piperidine rings is 1. The molecule has 2 N–H and O–H groups in total. The second-order valence-electron chi connectivity index (χ2n) is 5.15. The van der Waals surface area contributed by atoms with E-state index in [2.05, 4.69) is 11.8 Å². The van der Waals surface area contributed by atoms with Crippen molar-refractivity contribution >= 4 is 5.91 Å². The van der Waals surface area contributed by atoms with E-state index in [1.165, 1.54) is 6.42 Å². The van der Waals surface area contributed by atoms with Crippen LogP contribution in [0, 0.1) is 11.8 Å². The van der Waals surface area contributed by atoms with E-state index in [4.69, 9.17) is 5.73 Å². The number of rotatable bonds is 2. The van der Waals surface area contributed by atoms with Gasteiger partial charge in [0.25, 0.3) is 0 Å². The lowest BCUT2D eigenvalue weighted by Crippen LogP contribution is -2.45. The highest BCUT2D eigenvalue weighted by Crippen LogP contribution is 2.30. The van der Waals surface area contributed by atoms with Crippen LogP contribution in [0.3, 0.4) is 0 Å². The lowest BCUT2D eigenvalue weighted by atomic mass is 9.83. The molecule has 1 amide bonds. The molecular formula is C12H22N2O. The van der Waals surface area contributed by atoms with Gasteiger partial charge in [0, 0.05) is 25.0 Å². The van der Waals surface area contributed by atoms with Crippen molar-refractivity contribution in [2.75, 3.05) is 13.1 Å². The van der Waals surface area contributed by atoms with E-state index in [1.54, 1.807) is 0 Å². The van der Waals surface area contributed by atoms with Crippen LogP contribution in [0.15, 0.2) is 0 Å². The first-order chi connectivity index (χ1) is 7.18. The number of hydrogen-bond donors (Lipinski definition) is 1. The van der Waals surface area contributed by atoms with Crippen LogP contribution in [0.5, 0.6) is 0 Å². The number of nitrogens with two attached hydrogens (primary N) is 1. The Morgan fingerprint density at radius 2 is 1.87 bits per heavy atom. The van der Waals surface area contributed by atoms with E-state index >= 15 is 0 Å². The molecule has 1 aliphatic carbocycles. The lowest BCUT2D eigenvalue weighted by molar-refractivity contribution is -0.139. The highest BCUT2D eigenvalue weighted by Gasteiger charge is 2.32. The van der Waals surface area contributed by atoms with Gasteiger partial charge in [-0.1, -0.05) is 6.42 Å². The first-order valence-electron chi connectivity index (χ1n) is 6.23. The normalized spacial score (nSPS) is 26.1. The van der Waals surface area contributed by atoms with Crippen LogP contribution in [0.2, 0.25) is 0 Å². The minimum absolute atomic E-state index is 0.283. The molecule has 0 aromatic carbocycles. The van der Waals surface area contributed by atoms with Crippen LogP contribution in [-0.2, 0) is 4.79 Å². The number of carbonyl (C=O) groups excluding carboxylic acids is 1. The summed E-state index contributed by atoms with van der Waals surface area (Å²) in [5.41, 5.74) is 5.88. The van der Waals surface area contributed by atoms with Gasteiger partial charge in [0.2, 0.25) is 5.91 Å². The molecule has 0 bridgehead atoms. The SMILES string of the molecule is CC(N)C1CCN(C(=O)C2CCC2)CC1. The van der Waals surface area contributed by atoms with Gasteiger partial charge in [-0.15, -0.1) is 0 Å². The smallest absolute Gasteiger partial charge is 0.225 e. The highest BCUT2D eigenvalue weighted by atomic mass is 16.2. The largest absolute Gasteiger partial charge is 0.342 e. The van der Waals surface area contributed by atoms with Crippen LogP contribution >= 0.6 is 0 Å². The fourth-order valence-corrected chi connectivity index (χ4v) is 2.56. The monoisotopic (exact) mass is 210 g/mol. The fraction of sp³-hybridized carbons (Fsp3) is 0.917. The third kappa shape index (κ3) is 2.33. The van der Waals surface area contributed by atoms with Gasteiger partial charge in [-0.3, -0.25) is 4.79 Å². The Morgan fingerprint density at radius 3 is 2.27 bits per heavy atom. The first kappa shape index (κ1) is 10.9. The first-order valence-corrected chi connectivity index (χ1v) is 6.23. The van der Waals surface area contributed by atoms with Crippen molar-refractivity contribution in [1.29, 1.82) is 0 Å². The number of nitrogens with zero attached hydrogens (tertiary/aromatic N) is 1. The summed E-state index contributed by atoms with van der Waals surface area (Å²) in [4.78, 5) is 14.0. The molecular weight excluding hydrogens is 188 g/mol. The Kier molecular flexibility index (Phi) is 3.29. The maximum Gasteiger partial charge on any atom is 0.225 e. The Hall–Kier alpha value is -0.570. The van der Waals surface area contributed by atoms with Crippen molar-refractivity contribution < 1.29 is 4.79 Å². The van der Waals surface area contributed by atoms with Crippen molar-refractivity contribution in [2.45, 2.75) is 45.1 Å². The molecule has 2 fully saturated rings. The number of likely N-dealkylation sites (tertiary alicyclic amines) is 1. The summed E-state index contributed by atoms with van der Waals surface area (Å²) in [6, 6.07) is 0.283. The molecule has 1 saturated heterocycles. The quantitative estimate of drug-likeness (QED) is 0.748. The highest BCUT2D eigenvalue weighted by molar-refractivity contribution is 5.79. The van der Waals surface area contributed by atoms with Gasteiger partial charge in [-0.05, 0) is 38.5 Å². The molecule has 1 saturated carbocycles. The van der Waals surface area contributed by atoms with Gasteiger partial charge < -0.3 is 10.6 Å². The summed E-state index contributed by atoms with van der Waals surface area (Å²) in [6.07, 6.45) is 5.66. The van der Waals surface area contributed by atoms with Crippen molar-refractivity contribution in [3.05, 3.63) is 0 Å². The van der Waals surface area contributed by atoms with Crippen LogP contribution in [0.1, 0.15) is 39.0 Å². The Balaban J connectivity index is 1.79. The molecule has 2 aliphatic rings. The van der Waals surface area contributed by atoms with E-state index in [-0.39, 0.29) is 6.04 Å². The van der Waals surface area contributed by atoms with Gasteiger partial charge in [0.1, 0.15) is 0 Å².